The molecule has 5 atom stereocenters. The number of aliphatic hydroxyl groups is 1. The molecule has 0 aromatic carbocycles. The predicted octanol–water partition coefficient (Wildman–Crippen LogP) is 20.4. The first-order valence-corrected chi connectivity index (χ1v) is 40.0. The first-order chi connectivity index (χ1) is 43.4. The van der Waals surface area contributed by atoms with Crippen LogP contribution in [-0.4, -0.2) is 96.7 Å². The van der Waals surface area contributed by atoms with Gasteiger partial charge in [0.1, 0.15) is 19.3 Å². The molecule has 0 saturated heterocycles. The molecule has 534 valence electrons. The lowest BCUT2D eigenvalue weighted by atomic mass is 10.0. The number of esters is 4. The van der Waals surface area contributed by atoms with Crippen LogP contribution < -0.4 is 0 Å². The largest absolute Gasteiger partial charge is 0.472 e. The lowest BCUT2D eigenvalue weighted by molar-refractivity contribution is -0.161. The van der Waals surface area contributed by atoms with Crippen molar-refractivity contribution >= 4 is 39.5 Å². The van der Waals surface area contributed by atoms with Gasteiger partial charge in [-0.05, 0) is 37.5 Å². The zero-order valence-corrected chi connectivity index (χ0v) is 60.2. The lowest BCUT2D eigenvalue weighted by Gasteiger charge is -2.21. The molecule has 0 bridgehead atoms. The zero-order valence-electron chi connectivity index (χ0n) is 58.4. The molecule has 0 amide bonds. The maximum absolute atomic E-state index is 13.0. The summed E-state index contributed by atoms with van der Waals surface area (Å²) in [5, 5.41) is 10.6. The third kappa shape index (κ3) is 64.8. The zero-order chi connectivity index (χ0) is 66.5. The lowest BCUT2D eigenvalue weighted by Crippen LogP contribution is -2.30. The standard InChI is InChI=1S/C71H138O17P2/c1-7-9-11-13-15-16-17-18-19-25-31-37-43-49-55-70(75)87-66(59-81-68(73)53-47-41-33-14-12-10-8-2)61-85-89(77,78)83-57-65(72)58-84-90(79,80)86-62-67(60-82-69(74)54-48-42-36-30-27-22-24-29-35-40-46-52-64(5)6)88-71(76)56-50-44-38-32-26-21-20-23-28-34-39-45-51-63(3)4/h63-67,72H,7-62H2,1-6H3,(H,77,78)(H,79,80)/t65-,66+,67+/m0/s1. The summed E-state index contributed by atoms with van der Waals surface area (Å²) < 4.78 is 68.3. The fourth-order valence-electron chi connectivity index (χ4n) is 10.8. The van der Waals surface area contributed by atoms with Gasteiger partial charge in [0, 0.05) is 25.7 Å². The quantitative estimate of drug-likeness (QED) is 0.0222. The van der Waals surface area contributed by atoms with E-state index < -0.39 is 97.5 Å². The number of hydrogen-bond donors (Lipinski definition) is 3. The normalized spacial score (nSPS) is 14.1. The average Bonchev–Trinajstić information content (AvgIpc) is 3.71. The molecule has 0 aliphatic carbocycles. The van der Waals surface area contributed by atoms with E-state index >= 15 is 0 Å². The van der Waals surface area contributed by atoms with E-state index in [1.54, 1.807) is 0 Å². The van der Waals surface area contributed by atoms with E-state index in [0.717, 1.165) is 115 Å². The fraction of sp³-hybridized carbons (Fsp3) is 0.944. The van der Waals surface area contributed by atoms with Crippen molar-refractivity contribution in [3.63, 3.8) is 0 Å². The number of ether oxygens (including phenoxy) is 4. The monoisotopic (exact) mass is 1320 g/mol. The van der Waals surface area contributed by atoms with Gasteiger partial charge in [-0.3, -0.25) is 37.3 Å². The summed E-state index contributed by atoms with van der Waals surface area (Å²) in [6, 6.07) is 0. The van der Waals surface area contributed by atoms with Gasteiger partial charge < -0.3 is 33.8 Å². The van der Waals surface area contributed by atoms with Crippen LogP contribution in [0.2, 0.25) is 0 Å². The average molecular weight is 1330 g/mol. The number of carbonyl (C=O) groups excluding carboxylic acids is 4. The topological polar surface area (TPSA) is 237 Å². The van der Waals surface area contributed by atoms with Crippen molar-refractivity contribution in [3.8, 4) is 0 Å². The van der Waals surface area contributed by atoms with Crippen molar-refractivity contribution in [3.05, 3.63) is 0 Å². The van der Waals surface area contributed by atoms with E-state index in [1.807, 2.05) is 0 Å². The van der Waals surface area contributed by atoms with Gasteiger partial charge in [0.05, 0.1) is 26.4 Å². The number of unbranched alkanes of at least 4 members (excludes halogenated alkanes) is 40. The fourth-order valence-corrected chi connectivity index (χ4v) is 12.3. The molecule has 19 heteroatoms. The molecule has 0 aromatic rings. The Morgan fingerprint density at radius 2 is 0.511 bits per heavy atom. The molecule has 0 saturated carbocycles. The van der Waals surface area contributed by atoms with Gasteiger partial charge in [0.2, 0.25) is 0 Å². The summed E-state index contributed by atoms with van der Waals surface area (Å²) in [4.78, 5) is 72.5. The Morgan fingerprint density at radius 1 is 0.300 bits per heavy atom. The third-order valence-corrected chi connectivity index (χ3v) is 18.4. The van der Waals surface area contributed by atoms with Crippen molar-refractivity contribution in [1.29, 1.82) is 0 Å². The van der Waals surface area contributed by atoms with Crippen LogP contribution >= 0.6 is 15.6 Å². The highest BCUT2D eigenvalue weighted by Gasteiger charge is 2.30. The molecule has 17 nitrogen and oxygen atoms in total. The molecule has 0 fully saturated rings. The van der Waals surface area contributed by atoms with E-state index in [2.05, 4.69) is 41.5 Å². The number of rotatable bonds is 70. The molecule has 0 spiro atoms. The first-order valence-electron chi connectivity index (χ1n) is 37.0. The summed E-state index contributed by atoms with van der Waals surface area (Å²) in [5.41, 5.74) is 0. The number of hydrogen-bond acceptors (Lipinski definition) is 15. The number of phosphoric acid groups is 2. The smallest absolute Gasteiger partial charge is 0.462 e. The molecule has 0 aromatic heterocycles. The van der Waals surface area contributed by atoms with Crippen LogP contribution in [0.1, 0.15) is 363 Å². The van der Waals surface area contributed by atoms with E-state index in [-0.39, 0.29) is 25.7 Å². The maximum atomic E-state index is 13.0. The molecule has 90 heavy (non-hydrogen) atoms. The van der Waals surface area contributed by atoms with Crippen LogP contribution in [0.15, 0.2) is 0 Å². The highest BCUT2D eigenvalue weighted by Crippen LogP contribution is 2.45. The molecular formula is C71H138O17P2. The highest BCUT2D eigenvalue weighted by molar-refractivity contribution is 7.47. The second-order valence-corrected chi connectivity index (χ2v) is 29.5. The molecule has 0 aliphatic heterocycles. The summed E-state index contributed by atoms with van der Waals surface area (Å²) in [6.07, 6.45) is 48.6. The molecule has 0 radical (unpaired) electrons. The van der Waals surface area contributed by atoms with E-state index in [4.69, 9.17) is 37.0 Å². The summed E-state index contributed by atoms with van der Waals surface area (Å²) in [7, 11) is -9.90. The van der Waals surface area contributed by atoms with Gasteiger partial charge in [-0.1, -0.05) is 311 Å². The van der Waals surface area contributed by atoms with Crippen LogP contribution in [-0.2, 0) is 65.4 Å². The van der Waals surface area contributed by atoms with Gasteiger partial charge in [-0.15, -0.1) is 0 Å². The molecule has 3 N–H and O–H groups in total. The Labute approximate surface area is 549 Å². The minimum atomic E-state index is -4.95. The van der Waals surface area contributed by atoms with Crippen LogP contribution in [0.3, 0.4) is 0 Å². The predicted molar refractivity (Wildman–Crippen MR) is 363 cm³/mol. The highest BCUT2D eigenvalue weighted by atomic mass is 31.2. The van der Waals surface area contributed by atoms with E-state index in [9.17, 15) is 43.2 Å². The number of aliphatic hydroxyl groups excluding tert-OH is 1. The SMILES string of the molecule is CCCCCCCCCCCCCCCCC(=O)O[C@H](COC(=O)CCCCCCCCC)COP(=O)(O)OC[C@H](O)COP(=O)(O)OC[C@@H](COC(=O)CCCCCCCCCCCCCC(C)C)OC(=O)CCCCCCCCCCCCCCC(C)C. The van der Waals surface area contributed by atoms with Crippen LogP contribution in [0.25, 0.3) is 0 Å². The van der Waals surface area contributed by atoms with Crippen molar-refractivity contribution in [2.45, 2.75) is 381 Å². The minimum Gasteiger partial charge on any atom is -0.462 e. The van der Waals surface area contributed by atoms with Crippen LogP contribution in [0.4, 0.5) is 0 Å². The second kappa shape index (κ2) is 63.1. The van der Waals surface area contributed by atoms with Crippen molar-refractivity contribution in [1.82, 2.24) is 0 Å². The van der Waals surface area contributed by atoms with Gasteiger partial charge in [-0.2, -0.15) is 0 Å². The summed E-state index contributed by atoms with van der Waals surface area (Å²) in [6.45, 7) is 9.54. The molecule has 0 rings (SSSR count). The first kappa shape index (κ1) is 88.1. The summed E-state index contributed by atoms with van der Waals surface area (Å²) >= 11 is 0. The Kier molecular flexibility index (Phi) is 61.8. The van der Waals surface area contributed by atoms with Gasteiger partial charge in [0.25, 0.3) is 0 Å². The van der Waals surface area contributed by atoms with Crippen LogP contribution in [0, 0.1) is 11.8 Å². The van der Waals surface area contributed by atoms with Gasteiger partial charge in [-0.25, -0.2) is 9.13 Å². The Hall–Kier alpha value is -1.94. The van der Waals surface area contributed by atoms with Crippen molar-refractivity contribution in [2.75, 3.05) is 39.6 Å². The van der Waals surface area contributed by atoms with Gasteiger partial charge >= 0.3 is 39.5 Å². The van der Waals surface area contributed by atoms with Crippen molar-refractivity contribution in [2.24, 2.45) is 11.8 Å². The second-order valence-electron chi connectivity index (χ2n) is 26.6. The minimum absolute atomic E-state index is 0.107. The molecule has 0 heterocycles. The Balaban J connectivity index is 5.21. The Morgan fingerprint density at radius 3 is 0.756 bits per heavy atom. The van der Waals surface area contributed by atoms with Crippen molar-refractivity contribution < 1.29 is 80.2 Å². The third-order valence-electron chi connectivity index (χ3n) is 16.5. The van der Waals surface area contributed by atoms with E-state index in [0.29, 0.717) is 25.7 Å². The van der Waals surface area contributed by atoms with Crippen LogP contribution in [0.5, 0.6) is 0 Å². The molecular weight excluding hydrogens is 1190 g/mol. The van der Waals surface area contributed by atoms with E-state index in [1.165, 1.54) is 167 Å². The maximum Gasteiger partial charge on any atom is 0.472 e. The molecule has 2 unspecified atom stereocenters. The molecule has 0 aliphatic rings. The Bertz CT molecular complexity index is 1750. The summed E-state index contributed by atoms with van der Waals surface area (Å²) in [5.74, 6) is -0.578. The number of carbonyl (C=O) groups is 4. The number of phosphoric ester groups is 2. The van der Waals surface area contributed by atoms with Gasteiger partial charge in [0.15, 0.2) is 12.2 Å².